The van der Waals surface area contributed by atoms with Crippen molar-refractivity contribution < 1.29 is 4.79 Å². The molecular formula is C13H24N2O. The number of hydrogen-bond donors (Lipinski definition) is 2. The molecule has 0 aliphatic heterocycles. The van der Waals surface area contributed by atoms with Gasteiger partial charge in [-0.2, -0.15) is 0 Å². The van der Waals surface area contributed by atoms with Gasteiger partial charge in [0.1, 0.15) is 0 Å². The molecule has 2 aliphatic carbocycles. The van der Waals surface area contributed by atoms with E-state index in [-0.39, 0.29) is 5.91 Å². The Labute approximate surface area is 98.4 Å². The molecule has 3 atom stereocenters. The first kappa shape index (κ1) is 11.9. The molecule has 0 aromatic carbocycles. The lowest BCUT2D eigenvalue weighted by Gasteiger charge is -2.33. The zero-order valence-corrected chi connectivity index (χ0v) is 10.5. The zero-order valence-electron chi connectivity index (χ0n) is 10.5. The van der Waals surface area contributed by atoms with Crippen molar-refractivity contribution in [1.29, 1.82) is 0 Å². The molecule has 2 saturated carbocycles. The summed E-state index contributed by atoms with van der Waals surface area (Å²) < 4.78 is 0. The highest BCUT2D eigenvalue weighted by molar-refractivity contribution is 5.78. The van der Waals surface area contributed by atoms with Gasteiger partial charge in [0.05, 0.1) is 6.54 Å². The first-order chi connectivity index (χ1) is 7.65. The normalized spacial score (nSPS) is 34.8. The summed E-state index contributed by atoms with van der Waals surface area (Å²) in [6.45, 7) is 5.07. The highest BCUT2D eigenvalue weighted by atomic mass is 16.2. The molecule has 2 rings (SSSR count). The molecule has 2 N–H and O–H groups in total. The maximum atomic E-state index is 11.7. The predicted molar refractivity (Wildman–Crippen MR) is 65.1 cm³/mol. The summed E-state index contributed by atoms with van der Waals surface area (Å²) in [5.74, 6) is 1.64. The van der Waals surface area contributed by atoms with Crippen LogP contribution in [0.4, 0.5) is 0 Å². The fourth-order valence-electron chi connectivity index (χ4n) is 2.66. The van der Waals surface area contributed by atoms with Crippen LogP contribution in [0.1, 0.15) is 46.0 Å². The molecule has 0 radical (unpaired) electrons. The molecule has 16 heavy (non-hydrogen) atoms. The number of rotatable bonds is 4. The Hall–Kier alpha value is -0.570. The van der Waals surface area contributed by atoms with Gasteiger partial charge in [0.25, 0.3) is 0 Å². The number of nitrogens with one attached hydrogen (secondary N) is 2. The van der Waals surface area contributed by atoms with E-state index in [1.807, 2.05) is 0 Å². The topological polar surface area (TPSA) is 41.1 Å². The van der Waals surface area contributed by atoms with Crippen molar-refractivity contribution in [2.45, 2.75) is 58.0 Å². The predicted octanol–water partition coefficient (Wildman–Crippen LogP) is 1.68. The minimum atomic E-state index is 0.179. The smallest absolute Gasteiger partial charge is 0.234 e. The monoisotopic (exact) mass is 224 g/mol. The van der Waals surface area contributed by atoms with Crippen LogP contribution in [-0.4, -0.2) is 24.5 Å². The van der Waals surface area contributed by atoms with Crippen LogP contribution in [0.3, 0.4) is 0 Å². The van der Waals surface area contributed by atoms with Crippen LogP contribution < -0.4 is 10.6 Å². The summed E-state index contributed by atoms with van der Waals surface area (Å²) in [6, 6.07) is 1.03. The fraction of sp³-hybridized carbons (Fsp3) is 0.923. The van der Waals surface area contributed by atoms with E-state index in [1.54, 1.807) is 0 Å². The van der Waals surface area contributed by atoms with Gasteiger partial charge in [-0.1, -0.05) is 13.8 Å². The number of carbonyl (C=O) groups excluding carboxylic acids is 1. The van der Waals surface area contributed by atoms with Crippen molar-refractivity contribution in [3.63, 3.8) is 0 Å². The molecule has 1 amide bonds. The summed E-state index contributed by atoms with van der Waals surface area (Å²) in [5.41, 5.74) is 0. The van der Waals surface area contributed by atoms with Crippen molar-refractivity contribution in [3.05, 3.63) is 0 Å². The van der Waals surface area contributed by atoms with E-state index in [2.05, 4.69) is 24.5 Å². The Morgan fingerprint density at radius 1 is 1.19 bits per heavy atom. The van der Waals surface area contributed by atoms with E-state index in [1.165, 1.54) is 25.7 Å². The van der Waals surface area contributed by atoms with Crippen molar-refractivity contribution >= 4 is 5.91 Å². The van der Waals surface area contributed by atoms with Gasteiger partial charge in [-0.15, -0.1) is 0 Å². The standard InChI is InChI=1S/C13H24N2O/c1-9-3-6-12(10(2)7-9)15-13(16)8-14-11-4-5-11/h9-12,14H,3-8H2,1-2H3,(H,15,16). The van der Waals surface area contributed by atoms with Crippen LogP contribution in [0.15, 0.2) is 0 Å². The molecule has 0 saturated heterocycles. The second-order valence-corrected chi connectivity index (χ2v) is 5.72. The molecule has 92 valence electrons. The average Bonchev–Trinajstić information content (AvgIpc) is 3.03. The van der Waals surface area contributed by atoms with Crippen LogP contribution in [0.5, 0.6) is 0 Å². The quantitative estimate of drug-likeness (QED) is 0.763. The molecular weight excluding hydrogens is 200 g/mol. The lowest BCUT2D eigenvalue weighted by Crippen LogP contribution is -2.45. The maximum Gasteiger partial charge on any atom is 0.234 e. The molecule has 0 aromatic rings. The Balaban J connectivity index is 1.68. The molecule has 2 aliphatic rings. The van der Waals surface area contributed by atoms with Crippen molar-refractivity contribution in [2.75, 3.05) is 6.54 Å². The third-order valence-electron chi connectivity index (χ3n) is 3.91. The highest BCUT2D eigenvalue weighted by Crippen LogP contribution is 2.28. The Morgan fingerprint density at radius 3 is 2.56 bits per heavy atom. The zero-order chi connectivity index (χ0) is 11.5. The largest absolute Gasteiger partial charge is 0.352 e. The highest BCUT2D eigenvalue weighted by Gasteiger charge is 2.27. The number of carbonyl (C=O) groups is 1. The van der Waals surface area contributed by atoms with Crippen LogP contribution >= 0.6 is 0 Å². The van der Waals surface area contributed by atoms with E-state index in [9.17, 15) is 4.79 Å². The summed E-state index contributed by atoms with van der Waals surface area (Å²) >= 11 is 0. The van der Waals surface area contributed by atoms with Gasteiger partial charge in [-0.3, -0.25) is 4.79 Å². The molecule has 0 heterocycles. The second kappa shape index (κ2) is 5.17. The van der Waals surface area contributed by atoms with E-state index >= 15 is 0 Å². The molecule has 3 heteroatoms. The van der Waals surface area contributed by atoms with Gasteiger partial charge in [0, 0.05) is 12.1 Å². The van der Waals surface area contributed by atoms with Gasteiger partial charge < -0.3 is 10.6 Å². The first-order valence-electron chi connectivity index (χ1n) is 6.68. The van der Waals surface area contributed by atoms with Crippen LogP contribution in [0.25, 0.3) is 0 Å². The van der Waals surface area contributed by atoms with Crippen molar-refractivity contribution in [2.24, 2.45) is 11.8 Å². The minimum absolute atomic E-state index is 0.179. The molecule has 0 spiro atoms. The molecule has 3 nitrogen and oxygen atoms in total. The Kier molecular flexibility index (Phi) is 3.85. The summed E-state index contributed by atoms with van der Waals surface area (Å²) in [7, 11) is 0. The van der Waals surface area contributed by atoms with Gasteiger partial charge in [0.2, 0.25) is 5.91 Å². The third-order valence-corrected chi connectivity index (χ3v) is 3.91. The second-order valence-electron chi connectivity index (χ2n) is 5.72. The van der Waals surface area contributed by atoms with Gasteiger partial charge >= 0.3 is 0 Å². The van der Waals surface area contributed by atoms with Gasteiger partial charge in [-0.05, 0) is 43.9 Å². The van der Waals surface area contributed by atoms with Crippen molar-refractivity contribution in [3.8, 4) is 0 Å². The summed E-state index contributed by atoms with van der Waals surface area (Å²) in [6.07, 6.45) is 6.14. The van der Waals surface area contributed by atoms with E-state index < -0.39 is 0 Å². The first-order valence-corrected chi connectivity index (χ1v) is 6.68. The molecule has 0 bridgehead atoms. The molecule has 2 fully saturated rings. The van der Waals surface area contributed by atoms with E-state index in [4.69, 9.17) is 0 Å². The van der Waals surface area contributed by atoms with Crippen LogP contribution in [0.2, 0.25) is 0 Å². The summed E-state index contributed by atoms with van der Waals surface area (Å²) in [5, 5.41) is 6.43. The molecule has 0 aromatic heterocycles. The van der Waals surface area contributed by atoms with E-state index in [0.717, 1.165) is 12.3 Å². The fourth-order valence-corrected chi connectivity index (χ4v) is 2.66. The number of hydrogen-bond acceptors (Lipinski definition) is 2. The van der Waals surface area contributed by atoms with Crippen LogP contribution in [0, 0.1) is 11.8 Å². The third kappa shape index (κ3) is 3.48. The SMILES string of the molecule is CC1CCC(NC(=O)CNC2CC2)C(C)C1. The number of amides is 1. The Morgan fingerprint density at radius 2 is 1.94 bits per heavy atom. The average molecular weight is 224 g/mol. The minimum Gasteiger partial charge on any atom is -0.352 e. The maximum absolute atomic E-state index is 11.7. The summed E-state index contributed by atoms with van der Waals surface area (Å²) in [4.78, 5) is 11.7. The lowest BCUT2D eigenvalue weighted by molar-refractivity contribution is -0.121. The van der Waals surface area contributed by atoms with Crippen LogP contribution in [-0.2, 0) is 4.79 Å². The molecule has 3 unspecified atom stereocenters. The van der Waals surface area contributed by atoms with Gasteiger partial charge in [0.15, 0.2) is 0 Å². The van der Waals surface area contributed by atoms with Crippen molar-refractivity contribution in [1.82, 2.24) is 10.6 Å². The Bertz CT molecular complexity index is 250. The van der Waals surface area contributed by atoms with E-state index in [0.29, 0.717) is 24.5 Å². The lowest BCUT2D eigenvalue weighted by atomic mass is 9.80. The van der Waals surface area contributed by atoms with Gasteiger partial charge in [-0.25, -0.2) is 0 Å².